The van der Waals surface area contributed by atoms with Crippen molar-refractivity contribution in [3.63, 3.8) is 0 Å². The second-order valence-corrected chi connectivity index (χ2v) is 4.64. The highest BCUT2D eigenvalue weighted by Gasteiger charge is 2.10. The number of amides is 1. The van der Waals surface area contributed by atoms with Crippen LogP contribution in [0.25, 0.3) is 0 Å². The predicted molar refractivity (Wildman–Crippen MR) is 78.2 cm³/mol. The summed E-state index contributed by atoms with van der Waals surface area (Å²) in [5.41, 5.74) is 1.62. The maximum Gasteiger partial charge on any atom is 0.418 e. The highest BCUT2D eigenvalue weighted by Crippen LogP contribution is 2.22. The fraction of sp³-hybridized carbons (Fsp3) is 0.333. The molecule has 1 N–H and O–H groups in total. The second-order valence-electron chi connectivity index (χ2n) is 3.50. The van der Waals surface area contributed by atoms with Gasteiger partial charge in [-0.15, -0.1) is 23.4 Å². The number of nitrogens with one attached hydrogen (secondary N) is 1. The van der Waals surface area contributed by atoms with Crippen LogP contribution in [-0.4, -0.2) is 31.2 Å². The topological polar surface area (TPSA) is 59.9 Å². The maximum atomic E-state index is 11.6. The van der Waals surface area contributed by atoms with Gasteiger partial charge in [-0.25, -0.2) is 4.79 Å². The van der Waals surface area contributed by atoms with Gasteiger partial charge in [0.15, 0.2) is 0 Å². The molecule has 0 aromatic heterocycles. The van der Waals surface area contributed by atoms with Crippen LogP contribution in [0.2, 0.25) is 0 Å². The molecule has 0 atom stereocenters. The Morgan fingerprint density at radius 3 is 2.79 bits per heavy atom. The lowest BCUT2D eigenvalue weighted by molar-refractivity contribution is 0.187. The molecular formula is C12H15ClN2O3S. The number of carbonyl (C=O) groups excluding carboxylic acids is 1. The minimum Gasteiger partial charge on any atom is -0.396 e. The lowest BCUT2D eigenvalue weighted by Gasteiger charge is -2.09. The number of anilines is 1. The average molecular weight is 303 g/mol. The largest absolute Gasteiger partial charge is 0.418 e. The zero-order valence-corrected chi connectivity index (χ0v) is 12.5. The second kappa shape index (κ2) is 7.91. The smallest absolute Gasteiger partial charge is 0.396 e. The monoisotopic (exact) mass is 302 g/mol. The molecule has 0 unspecified atom stereocenters. The summed E-state index contributed by atoms with van der Waals surface area (Å²) in [5, 5.41) is 6.09. The van der Waals surface area contributed by atoms with Gasteiger partial charge in [-0.1, -0.05) is 5.16 Å². The number of oxime groups is 1. The lowest BCUT2D eigenvalue weighted by atomic mass is 10.2. The normalized spacial score (nSPS) is 11.1. The molecule has 19 heavy (non-hydrogen) atoms. The number of hydrogen-bond donors (Lipinski definition) is 1. The van der Waals surface area contributed by atoms with E-state index in [-0.39, 0.29) is 11.8 Å². The van der Waals surface area contributed by atoms with Crippen molar-refractivity contribution in [1.29, 1.82) is 0 Å². The Morgan fingerprint density at radius 1 is 1.53 bits per heavy atom. The van der Waals surface area contributed by atoms with Crippen molar-refractivity contribution in [2.45, 2.75) is 11.8 Å². The summed E-state index contributed by atoms with van der Waals surface area (Å²) in [7, 11) is 1.35. The first-order chi connectivity index (χ1) is 9.10. The summed E-state index contributed by atoms with van der Waals surface area (Å²) in [6, 6.07) is 5.71. The van der Waals surface area contributed by atoms with Crippen LogP contribution in [0.4, 0.5) is 10.5 Å². The van der Waals surface area contributed by atoms with Crippen LogP contribution in [0.5, 0.6) is 0 Å². The van der Waals surface area contributed by atoms with Crippen molar-refractivity contribution in [3.8, 4) is 0 Å². The van der Waals surface area contributed by atoms with Gasteiger partial charge in [0.25, 0.3) is 5.90 Å². The van der Waals surface area contributed by atoms with Crippen molar-refractivity contribution in [2.75, 3.05) is 24.6 Å². The average Bonchev–Trinajstić information content (AvgIpc) is 2.40. The van der Waals surface area contributed by atoms with E-state index in [4.69, 9.17) is 16.3 Å². The van der Waals surface area contributed by atoms with Crippen LogP contribution in [0.15, 0.2) is 28.3 Å². The van der Waals surface area contributed by atoms with Crippen molar-refractivity contribution < 1.29 is 14.4 Å². The zero-order chi connectivity index (χ0) is 14.3. The molecule has 0 fully saturated rings. The molecule has 0 radical (unpaired) electrons. The molecule has 0 saturated heterocycles. The van der Waals surface area contributed by atoms with Gasteiger partial charge in [0, 0.05) is 10.6 Å². The first-order valence-corrected chi connectivity index (χ1v) is 7.16. The molecule has 104 valence electrons. The number of hydrogen-bond acceptors (Lipinski definition) is 5. The van der Waals surface area contributed by atoms with Gasteiger partial charge in [-0.2, -0.15) is 0 Å². The molecule has 5 nitrogen and oxygen atoms in total. The van der Waals surface area contributed by atoms with E-state index in [0.717, 1.165) is 10.5 Å². The lowest BCUT2D eigenvalue weighted by Crippen LogP contribution is -2.20. The van der Waals surface area contributed by atoms with E-state index in [0.29, 0.717) is 5.69 Å². The summed E-state index contributed by atoms with van der Waals surface area (Å²) in [6.07, 6.45) is 1.33. The number of rotatable bonds is 4. The van der Waals surface area contributed by atoms with Gasteiger partial charge in [0.2, 0.25) is 0 Å². The van der Waals surface area contributed by atoms with Gasteiger partial charge in [-0.3, -0.25) is 5.32 Å². The number of carbonyl (C=O) groups is 1. The summed E-state index contributed by atoms with van der Waals surface area (Å²) >= 11 is 7.18. The summed E-state index contributed by atoms with van der Waals surface area (Å²) in [5.74, 6) is -0.0499. The zero-order valence-electron chi connectivity index (χ0n) is 10.9. The molecule has 0 spiro atoms. The van der Waals surface area contributed by atoms with Crippen LogP contribution >= 0.6 is 23.4 Å². The summed E-state index contributed by atoms with van der Waals surface area (Å²) in [4.78, 5) is 17.2. The van der Waals surface area contributed by atoms with Crippen LogP contribution in [0.3, 0.4) is 0 Å². The van der Waals surface area contributed by atoms with Crippen molar-refractivity contribution >= 4 is 41.0 Å². The molecule has 1 rings (SSSR count). The van der Waals surface area contributed by atoms with Gasteiger partial charge < -0.3 is 9.57 Å². The summed E-state index contributed by atoms with van der Waals surface area (Å²) < 4.78 is 4.89. The Kier molecular flexibility index (Phi) is 6.52. The minimum absolute atomic E-state index is 0.0000497. The van der Waals surface area contributed by atoms with Gasteiger partial charge in [0.1, 0.15) is 13.0 Å². The number of ether oxygens (including phenoxy) is 1. The molecule has 0 saturated carbocycles. The fourth-order valence-corrected chi connectivity index (χ4v) is 1.92. The highest BCUT2D eigenvalue weighted by molar-refractivity contribution is 7.98. The number of aryl methyl sites for hydroxylation is 1. The van der Waals surface area contributed by atoms with E-state index >= 15 is 0 Å². The first kappa shape index (κ1) is 15.7. The van der Waals surface area contributed by atoms with Gasteiger partial charge in [-0.05, 0) is 36.9 Å². The maximum absolute atomic E-state index is 11.6. The van der Waals surface area contributed by atoms with Crippen molar-refractivity contribution in [1.82, 2.24) is 0 Å². The van der Waals surface area contributed by atoms with Crippen molar-refractivity contribution in [2.24, 2.45) is 5.16 Å². The first-order valence-electron chi connectivity index (χ1n) is 5.40. The van der Waals surface area contributed by atoms with E-state index in [1.165, 1.54) is 7.11 Å². The quantitative estimate of drug-likeness (QED) is 0.304. The third-order valence-corrected chi connectivity index (χ3v) is 3.14. The molecule has 1 aromatic carbocycles. The number of nitrogens with zero attached hydrogens (tertiary/aromatic N) is 1. The van der Waals surface area contributed by atoms with Crippen molar-refractivity contribution in [3.05, 3.63) is 23.8 Å². The van der Waals surface area contributed by atoms with Crippen LogP contribution < -0.4 is 5.32 Å². The predicted octanol–water partition coefficient (Wildman–Crippen LogP) is 3.46. The van der Waals surface area contributed by atoms with Crippen LogP contribution in [0.1, 0.15) is 5.56 Å². The van der Waals surface area contributed by atoms with E-state index in [2.05, 4.69) is 15.3 Å². The van der Waals surface area contributed by atoms with E-state index in [1.807, 2.05) is 31.4 Å². The molecule has 0 heterocycles. The molecule has 1 aromatic rings. The standard InChI is InChI=1S/C12H15ClN2O3S/c1-8-6-9(19-3)4-5-10(8)14-12(16)18-11(7-13)15-17-2/h4-6H,7H2,1-3H3,(H,14,16)/b15-11+. The van der Waals surface area contributed by atoms with Crippen LogP contribution in [-0.2, 0) is 9.57 Å². The van der Waals surface area contributed by atoms with E-state index in [9.17, 15) is 4.79 Å². The third kappa shape index (κ3) is 5.00. The third-order valence-electron chi connectivity index (χ3n) is 2.19. The molecule has 7 heteroatoms. The molecular weight excluding hydrogens is 288 g/mol. The Labute approximate surface area is 121 Å². The number of benzene rings is 1. The molecule has 0 aliphatic carbocycles. The van der Waals surface area contributed by atoms with Gasteiger partial charge >= 0.3 is 6.09 Å². The number of thioether (sulfide) groups is 1. The Hall–Kier alpha value is -1.40. The van der Waals surface area contributed by atoms with Crippen LogP contribution in [0, 0.1) is 6.92 Å². The van der Waals surface area contributed by atoms with E-state index < -0.39 is 6.09 Å². The molecule has 0 aliphatic heterocycles. The Bertz CT molecular complexity index is 480. The number of alkyl halides is 1. The molecule has 0 aliphatic rings. The fourth-order valence-electron chi connectivity index (χ4n) is 1.32. The van der Waals surface area contributed by atoms with Gasteiger partial charge in [0.05, 0.1) is 0 Å². The SMILES string of the molecule is CO/N=C(\CCl)OC(=O)Nc1ccc(SC)cc1C. The molecule has 0 bridgehead atoms. The minimum atomic E-state index is -0.656. The number of halogens is 1. The molecule has 1 amide bonds. The highest BCUT2D eigenvalue weighted by atomic mass is 35.5. The van der Waals surface area contributed by atoms with E-state index in [1.54, 1.807) is 11.8 Å². The Balaban J connectivity index is 2.69. The Morgan fingerprint density at radius 2 is 2.26 bits per heavy atom. The summed E-state index contributed by atoms with van der Waals surface area (Å²) in [6.45, 7) is 1.90.